The van der Waals surface area contributed by atoms with Crippen LogP contribution in [0.2, 0.25) is 0 Å². The molecule has 19 heteroatoms. The summed E-state index contributed by atoms with van der Waals surface area (Å²) in [4.78, 5) is 87.7. The van der Waals surface area contributed by atoms with Gasteiger partial charge < -0.3 is 36.2 Å². The van der Waals surface area contributed by atoms with E-state index in [1.165, 1.54) is 11.1 Å². The van der Waals surface area contributed by atoms with Gasteiger partial charge in [-0.15, -0.1) is 10.2 Å². The number of fused-ring (bicyclic) bond motifs is 2. The molecule has 1 unspecified atom stereocenters. The first kappa shape index (κ1) is 63.4. The van der Waals surface area contributed by atoms with Gasteiger partial charge in [0, 0.05) is 62.2 Å². The third kappa shape index (κ3) is 15.2. The quantitative estimate of drug-likeness (QED) is 0.0292. The smallest absolute Gasteiger partial charge is 0.246 e. The Bertz CT molecular complexity index is 2820. The van der Waals surface area contributed by atoms with Crippen LogP contribution in [-0.4, -0.2) is 136 Å². The van der Waals surface area contributed by atoms with Gasteiger partial charge in [0.25, 0.3) is 0 Å². The molecule has 6 heterocycles. The van der Waals surface area contributed by atoms with E-state index in [9.17, 15) is 33.9 Å². The molecule has 462 valence electrons. The van der Waals surface area contributed by atoms with Crippen molar-refractivity contribution in [1.29, 1.82) is 0 Å². The van der Waals surface area contributed by atoms with Crippen molar-refractivity contribution in [3.8, 4) is 0 Å². The Morgan fingerprint density at radius 2 is 1.10 bits per heavy atom. The number of hydrogen-bond acceptors (Lipinski definition) is 12. The van der Waals surface area contributed by atoms with Gasteiger partial charge in [0.15, 0.2) is 5.78 Å². The maximum atomic E-state index is 14.5. The van der Waals surface area contributed by atoms with Gasteiger partial charge in [-0.05, 0) is 144 Å². The predicted octanol–water partition coefficient (Wildman–Crippen LogP) is 7.56. The van der Waals surface area contributed by atoms with Crippen molar-refractivity contribution >= 4 is 35.3 Å². The summed E-state index contributed by atoms with van der Waals surface area (Å²) in [7, 11) is 1.70. The van der Waals surface area contributed by atoms with Crippen LogP contribution in [0.25, 0.3) is 0 Å². The molecule has 0 spiro atoms. The Morgan fingerprint density at radius 1 is 0.593 bits per heavy atom. The average molecular weight is 1180 g/mol. The summed E-state index contributed by atoms with van der Waals surface area (Å²) < 4.78 is 3.71. The van der Waals surface area contributed by atoms with Crippen molar-refractivity contribution in [2.45, 2.75) is 217 Å². The number of carbonyl (C=O) groups excluding carboxylic acids is 6. The largest absolute Gasteiger partial charge is 0.396 e. The number of likely N-dealkylation sites (N-methyl/N-ethyl adjacent to an activating group) is 1. The second-order valence-electron chi connectivity index (χ2n) is 24.5. The van der Waals surface area contributed by atoms with Gasteiger partial charge in [0.05, 0.1) is 30.0 Å². The molecule has 0 bridgehead atoms. The lowest BCUT2D eigenvalue weighted by Crippen LogP contribution is -2.58. The molecule has 9 rings (SSSR count). The molecule has 86 heavy (non-hydrogen) atoms. The summed E-state index contributed by atoms with van der Waals surface area (Å²) in [5, 5.41) is 40.8. The van der Waals surface area contributed by atoms with Crippen LogP contribution in [0.5, 0.6) is 0 Å². The molecule has 0 radical (unpaired) electrons. The SMILES string of the molecule is CCC(CC)C(=O)N[C@@H]1C(=O)N2C(C(=O)C[C@@H](c3ccccc3)c3cn(CCCCc4ccc(CCCCn5cc([C@@H](NC(=O)[C@@H]6CC[C@@H]7CC[C@H](CO)[C@H](NC(=O)[C@H](CC)NC)C(=O)N76)c6ccccc6)nn5)cc4)nn3)CC[C@@H]2CC[C@@H]1CC. The minimum Gasteiger partial charge on any atom is -0.396 e. The molecular weight excluding hydrogens is 1080 g/mol. The third-order valence-corrected chi connectivity index (χ3v) is 19.2. The van der Waals surface area contributed by atoms with Crippen LogP contribution in [-0.2, 0) is 54.7 Å². The van der Waals surface area contributed by atoms with E-state index in [4.69, 9.17) is 0 Å². The molecule has 19 nitrogen and oxygen atoms in total. The summed E-state index contributed by atoms with van der Waals surface area (Å²) in [6.45, 7) is 9.09. The fraction of sp³-hybridized carbons (Fsp3) is 0.582. The van der Waals surface area contributed by atoms with E-state index in [0.717, 1.165) is 81.0 Å². The second-order valence-corrected chi connectivity index (χ2v) is 24.5. The van der Waals surface area contributed by atoms with Gasteiger partial charge in [0.2, 0.25) is 29.5 Å². The maximum absolute atomic E-state index is 14.5. The number of unbranched alkanes of at least 4 members (excludes halogenated alkanes) is 2. The Kier molecular flexibility index (Phi) is 22.5. The number of ketones is 1. The number of aryl methyl sites for hydroxylation is 4. The topological polar surface area (TPSA) is 239 Å². The van der Waals surface area contributed by atoms with E-state index < -0.39 is 42.2 Å². The monoisotopic (exact) mass is 1180 g/mol. The number of aliphatic hydroxyl groups excluding tert-OH is 1. The number of carbonyl (C=O) groups is 6. The maximum Gasteiger partial charge on any atom is 0.246 e. The average Bonchev–Trinajstić information content (AvgIpc) is 2.18. The molecule has 0 aliphatic carbocycles. The summed E-state index contributed by atoms with van der Waals surface area (Å²) in [6.07, 6.45) is 17.8. The summed E-state index contributed by atoms with van der Waals surface area (Å²) >= 11 is 0. The van der Waals surface area contributed by atoms with Crippen LogP contribution in [0.1, 0.15) is 182 Å². The van der Waals surface area contributed by atoms with Crippen LogP contribution in [0.3, 0.4) is 0 Å². The highest BCUT2D eigenvalue weighted by Crippen LogP contribution is 2.39. The van der Waals surface area contributed by atoms with Crippen LogP contribution < -0.4 is 21.3 Å². The zero-order chi connectivity index (χ0) is 60.7. The number of benzene rings is 3. The van der Waals surface area contributed by atoms with Gasteiger partial charge in [-0.3, -0.25) is 38.1 Å². The molecule has 11 atom stereocenters. The van der Waals surface area contributed by atoms with Crippen LogP contribution in [0.15, 0.2) is 97.3 Å². The van der Waals surface area contributed by atoms with Crippen molar-refractivity contribution in [2.75, 3.05) is 13.7 Å². The number of amides is 5. The molecule has 5 N–H and O–H groups in total. The molecule has 3 aromatic carbocycles. The van der Waals surface area contributed by atoms with Gasteiger partial charge in [-0.2, -0.15) is 0 Å². The lowest BCUT2D eigenvalue weighted by molar-refractivity contribution is -0.144. The van der Waals surface area contributed by atoms with Crippen LogP contribution in [0, 0.1) is 17.8 Å². The lowest BCUT2D eigenvalue weighted by atomic mass is 9.88. The van der Waals surface area contributed by atoms with Crippen LogP contribution in [0.4, 0.5) is 0 Å². The highest BCUT2D eigenvalue weighted by Gasteiger charge is 2.49. The lowest BCUT2D eigenvalue weighted by Gasteiger charge is -2.33. The number of aromatic nitrogens is 6. The molecule has 4 fully saturated rings. The first-order valence-electron chi connectivity index (χ1n) is 32.2. The van der Waals surface area contributed by atoms with Gasteiger partial charge in [-0.25, -0.2) is 0 Å². The van der Waals surface area contributed by atoms with Gasteiger partial charge >= 0.3 is 0 Å². The van der Waals surface area contributed by atoms with E-state index in [2.05, 4.69) is 73.1 Å². The van der Waals surface area contributed by atoms with Gasteiger partial charge in [-0.1, -0.05) is 129 Å². The van der Waals surface area contributed by atoms with Crippen LogP contribution >= 0.6 is 0 Å². The highest BCUT2D eigenvalue weighted by atomic mass is 16.3. The number of rotatable bonds is 29. The Morgan fingerprint density at radius 3 is 1.66 bits per heavy atom. The molecule has 5 amide bonds. The predicted molar refractivity (Wildman–Crippen MR) is 328 cm³/mol. The fourth-order valence-corrected chi connectivity index (χ4v) is 14.0. The zero-order valence-electron chi connectivity index (χ0n) is 51.2. The fourth-order valence-electron chi connectivity index (χ4n) is 14.0. The second kappa shape index (κ2) is 30.5. The van der Waals surface area contributed by atoms with Crippen molar-refractivity contribution in [3.05, 3.63) is 131 Å². The molecular formula is C67H92N12O7. The van der Waals surface area contributed by atoms with Crippen molar-refractivity contribution in [3.63, 3.8) is 0 Å². The zero-order valence-corrected chi connectivity index (χ0v) is 51.2. The van der Waals surface area contributed by atoms with E-state index >= 15 is 0 Å². The normalized spacial score (nSPS) is 23.2. The van der Waals surface area contributed by atoms with Crippen molar-refractivity contribution in [2.24, 2.45) is 17.8 Å². The Balaban J connectivity index is 0.740. The third-order valence-electron chi connectivity index (χ3n) is 19.2. The van der Waals surface area contributed by atoms with E-state index in [0.29, 0.717) is 70.2 Å². The summed E-state index contributed by atoms with van der Waals surface area (Å²) in [6, 6.07) is 24.4. The van der Waals surface area contributed by atoms with E-state index in [1.807, 2.05) is 108 Å². The number of nitrogens with one attached hydrogen (secondary N) is 4. The molecule has 2 aromatic heterocycles. The molecule has 0 saturated carbocycles. The number of Topliss-reactive ketones (excluding diaryl/α,β-unsaturated/α-hetero) is 1. The number of nitrogens with zero attached hydrogens (tertiary/aromatic N) is 8. The molecule has 4 saturated heterocycles. The minimum atomic E-state index is -0.934. The van der Waals surface area contributed by atoms with Crippen molar-refractivity contribution in [1.82, 2.24) is 61.1 Å². The molecule has 4 aliphatic heterocycles. The molecule has 5 aromatic rings. The minimum absolute atomic E-state index is 0.00520. The van der Waals surface area contributed by atoms with Crippen molar-refractivity contribution < 1.29 is 33.9 Å². The van der Waals surface area contributed by atoms with Gasteiger partial charge in [0.1, 0.15) is 23.8 Å². The number of aliphatic hydroxyl groups is 1. The first-order chi connectivity index (χ1) is 41.9. The summed E-state index contributed by atoms with van der Waals surface area (Å²) in [5.74, 6) is -1.94. The Hall–Kier alpha value is -7.12. The standard InChI is InChI=1S/C67H92N12O7/c1-6-46(7-2)63(82)70-61-47(8-3)30-32-51-34-36-57(78(51)66(61)85)59(81)40-53(48-22-12-10-13-23-48)55-41-76(74-72-55)38-18-16-20-44-26-28-45(29-27-44)21-17-19-39-77-42-56(73-75-77)60(49-24-14-11-15-25-49)69-65(84)58-37-35-52-33-31-50(43-80)62(67(86)79(52)58)71-64(83)54(9-4)68-5/h10-15,22-29,41-42,46-47,50-54,57-58,60-62,68,80H,6-9,16-21,30-40,43H2,1-5H3,(H,69,84)(H,70,82)(H,71,83)/t47-,50+,51-,52-,53-,54-,57?,58-,60-,61-,62-/m0/s1. The molecule has 4 aliphatic rings. The Labute approximate surface area is 507 Å². The first-order valence-corrected chi connectivity index (χ1v) is 32.2. The summed E-state index contributed by atoms with van der Waals surface area (Å²) in [5.41, 5.74) is 5.70. The highest BCUT2D eigenvalue weighted by molar-refractivity contribution is 5.95. The number of hydrogen-bond donors (Lipinski definition) is 5. The van der Waals surface area contributed by atoms with E-state index in [1.54, 1.807) is 11.9 Å². The van der Waals surface area contributed by atoms with E-state index in [-0.39, 0.29) is 78.2 Å².